The highest BCUT2D eigenvalue weighted by atomic mass is 32.1. The summed E-state index contributed by atoms with van der Waals surface area (Å²) < 4.78 is 27.8. The van der Waals surface area contributed by atoms with Gasteiger partial charge in [-0.3, -0.25) is 0 Å². The van der Waals surface area contributed by atoms with Crippen molar-refractivity contribution in [2.75, 3.05) is 18.0 Å². The Morgan fingerprint density at radius 2 is 2.04 bits per heavy atom. The van der Waals surface area contributed by atoms with Crippen LogP contribution in [0.4, 0.5) is 19.3 Å². The number of nitrogens with zero attached hydrogens (tertiary/aromatic N) is 2. The third kappa shape index (κ3) is 3.95. The molecule has 0 radical (unpaired) electrons. The van der Waals surface area contributed by atoms with Crippen molar-refractivity contribution in [3.63, 3.8) is 0 Å². The second-order valence-corrected chi connectivity index (χ2v) is 8.24. The second kappa shape index (κ2) is 7.19. The van der Waals surface area contributed by atoms with E-state index in [0.717, 1.165) is 9.88 Å². The fraction of sp³-hybridized carbons (Fsp3) is 0.444. The summed E-state index contributed by atoms with van der Waals surface area (Å²) in [6, 6.07) is 3.33. The molecule has 2 heterocycles. The molecule has 140 valence electrons. The van der Waals surface area contributed by atoms with E-state index in [2.05, 4.69) is 15.6 Å². The second-order valence-electron chi connectivity index (χ2n) is 7.00. The number of urea groups is 1. The number of hydrogen-bond donors (Lipinski definition) is 2. The van der Waals surface area contributed by atoms with Gasteiger partial charge in [-0.2, -0.15) is 0 Å². The van der Waals surface area contributed by atoms with E-state index in [-0.39, 0.29) is 17.8 Å². The van der Waals surface area contributed by atoms with Crippen LogP contribution in [0.2, 0.25) is 0 Å². The average molecular weight is 380 g/mol. The maximum Gasteiger partial charge on any atom is 0.315 e. The molecule has 8 heteroatoms. The number of amides is 2. The van der Waals surface area contributed by atoms with Crippen LogP contribution in [0.25, 0.3) is 0 Å². The summed E-state index contributed by atoms with van der Waals surface area (Å²) in [5.74, 6) is -1.18. The first kappa shape index (κ1) is 18.6. The van der Waals surface area contributed by atoms with Crippen molar-refractivity contribution in [2.24, 2.45) is 0 Å². The highest BCUT2D eigenvalue weighted by Crippen LogP contribution is 2.27. The lowest BCUT2D eigenvalue weighted by Gasteiger charge is -2.25. The van der Waals surface area contributed by atoms with Gasteiger partial charge in [0.25, 0.3) is 0 Å². The van der Waals surface area contributed by atoms with Gasteiger partial charge in [0.1, 0.15) is 22.3 Å². The molecule has 1 aliphatic rings. The minimum atomic E-state index is -0.598. The zero-order chi connectivity index (χ0) is 18.9. The highest BCUT2D eigenvalue weighted by molar-refractivity contribution is 7.11. The lowest BCUT2D eigenvalue weighted by atomic mass is 10.1. The number of carbonyl (C=O) groups excluding carboxylic acids is 1. The fourth-order valence-corrected chi connectivity index (χ4v) is 3.90. The van der Waals surface area contributed by atoms with Crippen molar-refractivity contribution in [1.82, 2.24) is 15.6 Å². The maximum atomic E-state index is 13.9. The van der Waals surface area contributed by atoms with Gasteiger partial charge < -0.3 is 15.5 Å². The number of benzene rings is 1. The molecule has 5 nitrogen and oxygen atoms in total. The van der Waals surface area contributed by atoms with Crippen molar-refractivity contribution >= 4 is 23.1 Å². The molecular formula is C18H22F2N4OS. The summed E-state index contributed by atoms with van der Waals surface area (Å²) in [5, 5.41) is 6.64. The van der Waals surface area contributed by atoms with Crippen molar-refractivity contribution in [1.29, 1.82) is 0 Å². The monoisotopic (exact) mass is 380 g/mol. The van der Waals surface area contributed by atoms with Crippen LogP contribution in [0.3, 0.4) is 0 Å². The molecule has 0 spiro atoms. The van der Waals surface area contributed by atoms with Gasteiger partial charge in [-0.1, -0.05) is 6.07 Å². The average Bonchev–Trinajstić information content (AvgIpc) is 3.16. The normalized spacial score (nSPS) is 17.4. The minimum Gasteiger partial charge on any atom is -0.365 e. The van der Waals surface area contributed by atoms with Crippen LogP contribution < -0.4 is 15.5 Å². The van der Waals surface area contributed by atoms with Crippen LogP contribution in [0.1, 0.15) is 30.2 Å². The van der Waals surface area contributed by atoms with Crippen LogP contribution in [0, 0.1) is 18.6 Å². The number of thiazole rings is 1. The van der Waals surface area contributed by atoms with Gasteiger partial charge in [0.2, 0.25) is 0 Å². The Hall–Kier alpha value is -2.22. The van der Waals surface area contributed by atoms with Crippen molar-refractivity contribution in [2.45, 2.75) is 38.8 Å². The molecule has 2 amide bonds. The molecule has 3 rings (SSSR count). The summed E-state index contributed by atoms with van der Waals surface area (Å²) in [6.07, 6.45) is 2.40. The van der Waals surface area contributed by atoms with E-state index in [4.69, 9.17) is 0 Å². The summed E-state index contributed by atoms with van der Waals surface area (Å²) in [5.41, 5.74) is -0.630. The molecule has 1 unspecified atom stereocenters. The number of carbonyl (C=O) groups is 1. The number of aromatic nitrogens is 1. The number of nitrogens with one attached hydrogen (secondary N) is 2. The lowest BCUT2D eigenvalue weighted by Crippen LogP contribution is -2.50. The van der Waals surface area contributed by atoms with E-state index in [0.29, 0.717) is 19.5 Å². The summed E-state index contributed by atoms with van der Waals surface area (Å²) in [7, 11) is 0. The van der Waals surface area contributed by atoms with Crippen LogP contribution in [0.5, 0.6) is 0 Å². The number of halogens is 2. The standard InChI is InChI=1S/C18H22F2N4OS/c1-11-9-21-16(26-11)18(2,3)23-17(25)22-12-7-8-24(10-12)15-13(19)5-4-6-14(15)20/h4-6,9,12H,7-8,10H2,1-3H3,(H2,22,23,25). The van der Waals surface area contributed by atoms with E-state index >= 15 is 0 Å². The molecule has 1 saturated heterocycles. The molecule has 1 aromatic carbocycles. The van der Waals surface area contributed by atoms with E-state index in [1.807, 2.05) is 20.8 Å². The Balaban J connectivity index is 1.59. The Kier molecular flexibility index (Phi) is 5.13. The fourth-order valence-electron chi connectivity index (χ4n) is 3.07. The van der Waals surface area contributed by atoms with Crippen LogP contribution in [-0.2, 0) is 5.54 Å². The number of para-hydroxylation sites is 1. The topological polar surface area (TPSA) is 57.3 Å². The van der Waals surface area contributed by atoms with Gasteiger partial charge in [-0.25, -0.2) is 18.6 Å². The SMILES string of the molecule is Cc1cnc(C(C)(C)NC(=O)NC2CCN(c3c(F)cccc3F)C2)s1. The maximum absolute atomic E-state index is 13.9. The van der Waals surface area contributed by atoms with E-state index in [9.17, 15) is 13.6 Å². The zero-order valence-corrected chi connectivity index (χ0v) is 15.8. The first-order chi connectivity index (χ1) is 12.3. The summed E-state index contributed by atoms with van der Waals surface area (Å²) >= 11 is 1.54. The molecule has 1 aromatic heterocycles. The number of anilines is 1. The Bertz CT molecular complexity index is 788. The molecule has 2 aromatic rings. The third-order valence-corrected chi connectivity index (χ3v) is 5.60. The molecular weight excluding hydrogens is 358 g/mol. The molecule has 0 bridgehead atoms. The van der Waals surface area contributed by atoms with Crippen molar-refractivity contribution in [3.8, 4) is 0 Å². The summed E-state index contributed by atoms with van der Waals surface area (Å²) in [6.45, 7) is 6.59. The summed E-state index contributed by atoms with van der Waals surface area (Å²) in [4.78, 5) is 19.4. The van der Waals surface area contributed by atoms with Gasteiger partial charge in [-0.05, 0) is 39.3 Å². The number of rotatable bonds is 4. The van der Waals surface area contributed by atoms with Gasteiger partial charge in [0, 0.05) is 30.2 Å². The number of hydrogen-bond acceptors (Lipinski definition) is 4. The Morgan fingerprint density at radius 3 is 2.65 bits per heavy atom. The van der Waals surface area contributed by atoms with Crippen LogP contribution >= 0.6 is 11.3 Å². The van der Waals surface area contributed by atoms with Gasteiger partial charge in [0.05, 0.1) is 5.54 Å². The molecule has 26 heavy (non-hydrogen) atoms. The Morgan fingerprint density at radius 1 is 1.35 bits per heavy atom. The highest BCUT2D eigenvalue weighted by Gasteiger charge is 2.30. The first-order valence-electron chi connectivity index (χ1n) is 8.47. The number of aryl methyl sites for hydroxylation is 1. The molecule has 1 aliphatic heterocycles. The predicted molar refractivity (Wildman–Crippen MR) is 98.5 cm³/mol. The van der Waals surface area contributed by atoms with Crippen LogP contribution in [0.15, 0.2) is 24.4 Å². The predicted octanol–water partition coefficient (Wildman–Crippen LogP) is 3.54. The van der Waals surface area contributed by atoms with Crippen LogP contribution in [-0.4, -0.2) is 30.1 Å². The molecule has 2 N–H and O–H groups in total. The largest absolute Gasteiger partial charge is 0.365 e. The van der Waals surface area contributed by atoms with Gasteiger partial charge in [-0.15, -0.1) is 11.3 Å². The molecule has 1 atom stereocenters. The lowest BCUT2D eigenvalue weighted by molar-refractivity contribution is 0.227. The quantitative estimate of drug-likeness (QED) is 0.853. The van der Waals surface area contributed by atoms with Crippen molar-refractivity contribution < 1.29 is 13.6 Å². The van der Waals surface area contributed by atoms with Crippen molar-refractivity contribution in [3.05, 3.63) is 45.9 Å². The molecule has 0 saturated carbocycles. The van der Waals surface area contributed by atoms with E-state index in [1.54, 1.807) is 11.1 Å². The van der Waals surface area contributed by atoms with E-state index in [1.165, 1.54) is 29.5 Å². The third-order valence-electron chi connectivity index (χ3n) is 4.36. The van der Waals surface area contributed by atoms with E-state index < -0.39 is 17.2 Å². The minimum absolute atomic E-state index is 0.0317. The zero-order valence-electron chi connectivity index (χ0n) is 15.0. The first-order valence-corrected chi connectivity index (χ1v) is 9.28. The molecule has 1 fully saturated rings. The smallest absolute Gasteiger partial charge is 0.315 e. The van der Waals surface area contributed by atoms with Gasteiger partial charge in [0.15, 0.2) is 0 Å². The molecule has 0 aliphatic carbocycles. The Labute approximate surface area is 155 Å². The van der Waals surface area contributed by atoms with Gasteiger partial charge >= 0.3 is 6.03 Å².